The molecule has 0 fully saturated rings. The molecule has 0 spiro atoms. The first-order chi connectivity index (χ1) is 4.13. The van der Waals surface area contributed by atoms with Crippen molar-refractivity contribution in [2.45, 2.75) is 12.8 Å². The molecule has 1 unspecified atom stereocenters. The molecule has 0 rings (SSSR count). The van der Waals surface area contributed by atoms with E-state index in [2.05, 4.69) is 0 Å². The minimum absolute atomic E-state index is 0.0169. The van der Waals surface area contributed by atoms with Crippen molar-refractivity contribution in [2.24, 2.45) is 0 Å². The number of carboxylic acid groups (broad SMARTS) is 1. The highest BCUT2D eigenvalue weighted by Gasteiger charge is 1.97. The van der Waals surface area contributed by atoms with Crippen molar-refractivity contribution >= 4 is 14.0 Å². The minimum atomic E-state index is -2.44. The lowest BCUT2D eigenvalue weighted by Gasteiger charge is -1.90. The van der Waals surface area contributed by atoms with Crippen molar-refractivity contribution in [3.8, 4) is 0 Å². The van der Waals surface area contributed by atoms with Gasteiger partial charge in [-0.1, -0.05) is 0 Å². The molecule has 2 N–H and O–H groups in total. The molecule has 54 valence electrons. The molecule has 0 aromatic carbocycles. The average molecular weight is 152 g/mol. The van der Waals surface area contributed by atoms with E-state index in [9.17, 15) is 9.36 Å². The molecular formula is C4H9O4P. The van der Waals surface area contributed by atoms with Crippen LogP contribution in [0.15, 0.2) is 0 Å². The highest BCUT2D eigenvalue weighted by atomic mass is 31.1. The molecule has 0 radical (unpaired) electrons. The van der Waals surface area contributed by atoms with Gasteiger partial charge >= 0.3 is 5.97 Å². The molecule has 0 aliphatic carbocycles. The molecule has 1 atom stereocenters. The topological polar surface area (TPSA) is 74.6 Å². The Morgan fingerprint density at radius 3 is 2.44 bits per heavy atom. The molecule has 0 aliphatic rings. The maximum Gasteiger partial charge on any atom is 0.303 e. The van der Waals surface area contributed by atoms with Gasteiger partial charge in [-0.15, -0.1) is 0 Å². The largest absolute Gasteiger partial charge is 0.481 e. The first-order valence-electron chi connectivity index (χ1n) is 2.56. The summed E-state index contributed by atoms with van der Waals surface area (Å²) in [7, 11) is -2.44. The number of carboxylic acids is 1. The van der Waals surface area contributed by atoms with Crippen LogP contribution in [0.3, 0.4) is 0 Å². The maximum atomic E-state index is 9.97. The second-order valence-corrected chi connectivity index (χ2v) is 2.93. The molecule has 0 saturated heterocycles. The molecule has 0 saturated carbocycles. The van der Waals surface area contributed by atoms with Crippen molar-refractivity contribution < 1.29 is 19.4 Å². The summed E-state index contributed by atoms with van der Waals surface area (Å²) in [6.45, 7) is 0. The van der Waals surface area contributed by atoms with Gasteiger partial charge in [-0.25, -0.2) is 0 Å². The Hall–Kier alpha value is -0.340. The first-order valence-corrected chi connectivity index (χ1v) is 4.13. The molecule has 9 heavy (non-hydrogen) atoms. The Labute approximate surface area is 53.4 Å². The number of hydrogen-bond acceptors (Lipinski definition) is 2. The van der Waals surface area contributed by atoms with E-state index in [0.29, 0.717) is 6.42 Å². The SMILES string of the molecule is O=C(O)CCC[PH](=O)O. The van der Waals surface area contributed by atoms with Gasteiger partial charge in [0.2, 0.25) is 0 Å². The molecule has 4 nitrogen and oxygen atoms in total. The zero-order valence-corrected chi connectivity index (χ0v) is 5.83. The summed E-state index contributed by atoms with van der Waals surface area (Å²) in [5.41, 5.74) is 0. The van der Waals surface area contributed by atoms with Crippen molar-refractivity contribution in [3.05, 3.63) is 0 Å². The van der Waals surface area contributed by atoms with Gasteiger partial charge in [0.15, 0.2) is 8.03 Å². The van der Waals surface area contributed by atoms with Gasteiger partial charge < -0.3 is 10.00 Å². The number of aliphatic carboxylic acids is 1. The summed E-state index contributed by atoms with van der Waals surface area (Å²) in [5, 5.41) is 8.05. The normalized spacial score (nSPS) is 13.0. The van der Waals surface area contributed by atoms with Gasteiger partial charge in [-0.05, 0) is 6.42 Å². The predicted octanol–water partition coefficient (Wildman–Crippen LogP) is 0.318. The second-order valence-electron chi connectivity index (χ2n) is 1.64. The van der Waals surface area contributed by atoms with Crippen LogP contribution in [-0.2, 0) is 9.36 Å². The Balaban J connectivity index is 3.10. The summed E-state index contributed by atoms with van der Waals surface area (Å²) in [6.07, 6.45) is 0.400. The van der Waals surface area contributed by atoms with Gasteiger partial charge in [0.25, 0.3) is 0 Å². The van der Waals surface area contributed by atoms with Crippen LogP contribution < -0.4 is 0 Å². The number of hydrogen-bond donors (Lipinski definition) is 2. The van der Waals surface area contributed by atoms with E-state index in [1.807, 2.05) is 0 Å². The lowest BCUT2D eigenvalue weighted by molar-refractivity contribution is -0.137. The van der Waals surface area contributed by atoms with E-state index in [0.717, 1.165) is 0 Å². The van der Waals surface area contributed by atoms with Crippen LogP contribution in [-0.4, -0.2) is 22.1 Å². The Bertz CT molecular complexity index is 108. The van der Waals surface area contributed by atoms with Crippen LogP contribution >= 0.6 is 8.03 Å². The van der Waals surface area contributed by atoms with E-state index in [1.54, 1.807) is 0 Å². The van der Waals surface area contributed by atoms with E-state index in [1.165, 1.54) is 0 Å². The number of carbonyl (C=O) groups is 1. The van der Waals surface area contributed by atoms with Crippen molar-refractivity contribution in [3.63, 3.8) is 0 Å². The number of rotatable bonds is 4. The van der Waals surface area contributed by atoms with Crippen molar-refractivity contribution in [2.75, 3.05) is 6.16 Å². The summed E-state index contributed by atoms with van der Waals surface area (Å²) < 4.78 is 9.97. The van der Waals surface area contributed by atoms with Crippen LogP contribution in [0.25, 0.3) is 0 Å². The summed E-state index contributed by atoms with van der Waals surface area (Å²) in [5.74, 6) is -0.918. The van der Waals surface area contributed by atoms with E-state index < -0.39 is 14.0 Å². The van der Waals surface area contributed by atoms with Gasteiger partial charge in [-0.2, -0.15) is 0 Å². The third kappa shape index (κ3) is 7.66. The summed E-state index contributed by atoms with van der Waals surface area (Å²) >= 11 is 0. The molecule has 0 aromatic heterocycles. The zero-order chi connectivity index (χ0) is 7.28. The Kier molecular flexibility index (Phi) is 4.36. The van der Waals surface area contributed by atoms with Crippen LogP contribution in [0.1, 0.15) is 12.8 Å². The molecular weight excluding hydrogens is 143 g/mol. The summed E-state index contributed by atoms with van der Waals surface area (Å²) in [4.78, 5) is 18.0. The Morgan fingerprint density at radius 2 is 2.11 bits per heavy atom. The molecule has 0 aromatic rings. The van der Waals surface area contributed by atoms with Gasteiger partial charge in [-0.3, -0.25) is 9.36 Å². The predicted molar refractivity (Wildman–Crippen MR) is 33.0 cm³/mol. The highest BCUT2D eigenvalue weighted by Crippen LogP contribution is 2.14. The van der Waals surface area contributed by atoms with Crippen molar-refractivity contribution in [1.82, 2.24) is 0 Å². The third-order valence-electron chi connectivity index (χ3n) is 0.781. The fraction of sp³-hybridized carbons (Fsp3) is 0.750. The second kappa shape index (κ2) is 4.53. The lowest BCUT2D eigenvalue weighted by Crippen LogP contribution is -1.94. The van der Waals surface area contributed by atoms with Crippen LogP contribution in [0, 0.1) is 0 Å². The molecule has 0 heterocycles. The zero-order valence-electron chi connectivity index (χ0n) is 4.83. The molecule has 0 bridgehead atoms. The molecule has 0 amide bonds. The van der Waals surface area contributed by atoms with Crippen LogP contribution in [0.4, 0.5) is 0 Å². The van der Waals surface area contributed by atoms with Gasteiger partial charge in [0.05, 0.1) is 0 Å². The van der Waals surface area contributed by atoms with Crippen LogP contribution in [0.2, 0.25) is 0 Å². The summed E-state index contributed by atoms with van der Waals surface area (Å²) in [6, 6.07) is 0. The van der Waals surface area contributed by atoms with E-state index in [-0.39, 0.29) is 12.6 Å². The molecule has 0 aliphatic heterocycles. The van der Waals surface area contributed by atoms with Gasteiger partial charge in [0, 0.05) is 12.6 Å². The van der Waals surface area contributed by atoms with Gasteiger partial charge in [0.1, 0.15) is 0 Å². The fourth-order valence-corrected chi connectivity index (χ4v) is 0.870. The Morgan fingerprint density at radius 1 is 1.56 bits per heavy atom. The van der Waals surface area contributed by atoms with E-state index in [4.69, 9.17) is 10.00 Å². The van der Waals surface area contributed by atoms with Crippen molar-refractivity contribution in [1.29, 1.82) is 0 Å². The quantitative estimate of drug-likeness (QED) is 0.569. The standard InChI is InChI=1S/C4H9O4P/c5-4(6)2-1-3-9(7)8/h9H,1-3H2,(H,5,6)(H,7,8). The first kappa shape index (κ1) is 8.66. The highest BCUT2D eigenvalue weighted by molar-refractivity contribution is 7.37. The minimum Gasteiger partial charge on any atom is -0.481 e. The third-order valence-corrected chi connectivity index (χ3v) is 1.56. The lowest BCUT2D eigenvalue weighted by atomic mass is 10.3. The van der Waals surface area contributed by atoms with E-state index >= 15 is 0 Å². The fourth-order valence-electron chi connectivity index (χ4n) is 0.391. The maximum absolute atomic E-state index is 9.97. The van der Waals surface area contributed by atoms with Crippen LogP contribution in [0.5, 0.6) is 0 Å². The smallest absolute Gasteiger partial charge is 0.303 e. The molecule has 5 heteroatoms. The monoisotopic (exact) mass is 152 g/mol. The average Bonchev–Trinajstić information content (AvgIpc) is 1.63.